The highest BCUT2D eigenvalue weighted by Gasteiger charge is 2.25. The molecule has 1 aromatic carbocycles. The normalized spacial score (nSPS) is 28.1. The Morgan fingerprint density at radius 2 is 1.74 bits per heavy atom. The molecule has 0 aromatic heterocycles. The van der Waals surface area contributed by atoms with Gasteiger partial charge in [-0.05, 0) is 44.4 Å². The van der Waals surface area contributed by atoms with E-state index in [0.29, 0.717) is 0 Å². The maximum absolute atomic E-state index is 10.5. The lowest BCUT2D eigenvalue weighted by Gasteiger charge is -2.37. The van der Waals surface area contributed by atoms with Gasteiger partial charge in [-0.3, -0.25) is 9.80 Å². The van der Waals surface area contributed by atoms with Gasteiger partial charge in [-0.25, -0.2) is 0 Å². The summed E-state index contributed by atoms with van der Waals surface area (Å²) < 4.78 is 5.77. The summed E-state index contributed by atoms with van der Waals surface area (Å²) in [6.45, 7) is 9.60. The van der Waals surface area contributed by atoms with Gasteiger partial charge in [0.1, 0.15) is 0 Å². The third-order valence-electron chi connectivity index (χ3n) is 4.87. The zero-order valence-electron chi connectivity index (χ0n) is 14.4. The Kier molecular flexibility index (Phi) is 5.70. The Bertz CT molecular complexity index is 498. The summed E-state index contributed by atoms with van der Waals surface area (Å²) in [6.07, 6.45) is 2.56. The Hall–Kier alpha value is -0.940. The number of aliphatic hydroxyl groups excluding tert-OH is 1. The van der Waals surface area contributed by atoms with Crippen LogP contribution in [-0.2, 0) is 17.7 Å². The fourth-order valence-electron chi connectivity index (χ4n) is 4.01. The minimum atomic E-state index is -0.294. The third kappa shape index (κ3) is 4.77. The molecule has 1 saturated heterocycles. The van der Waals surface area contributed by atoms with Crippen LogP contribution in [0, 0.1) is 0 Å². The van der Waals surface area contributed by atoms with E-state index in [1.807, 2.05) is 0 Å². The number of benzene rings is 1. The van der Waals surface area contributed by atoms with Crippen LogP contribution >= 0.6 is 0 Å². The average Bonchev–Trinajstić information content (AvgIpc) is 2.67. The Morgan fingerprint density at radius 1 is 1.09 bits per heavy atom. The molecule has 0 aliphatic carbocycles. The molecule has 3 rings (SSSR count). The molecule has 0 bridgehead atoms. The highest BCUT2D eigenvalue weighted by atomic mass is 16.5. The Morgan fingerprint density at radius 3 is 2.48 bits per heavy atom. The van der Waals surface area contributed by atoms with Crippen molar-refractivity contribution in [2.45, 2.75) is 51.5 Å². The largest absolute Gasteiger partial charge is 0.390 e. The van der Waals surface area contributed by atoms with Crippen LogP contribution in [0.15, 0.2) is 24.3 Å². The molecule has 0 amide bonds. The minimum absolute atomic E-state index is 0.260. The van der Waals surface area contributed by atoms with Gasteiger partial charge in [-0.1, -0.05) is 24.3 Å². The summed E-state index contributed by atoms with van der Waals surface area (Å²) in [5, 5.41) is 10.5. The molecule has 1 fully saturated rings. The number of aliphatic hydroxyl groups is 1. The van der Waals surface area contributed by atoms with E-state index in [4.69, 9.17) is 4.74 Å². The van der Waals surface area contributed by atoms with Crippen molar-refractivity contribution < 1.29 is 9.84 Å². The number of morpholine rings is 1. The fourth-order valence-corrected chi connectivity index (χ4v) is 4.01. The summed E-state index contributed by atoms with van der Waals surface area (Å²) in [6, 6.07) is 8.72. The molecule has 0 radical (unpaired) electrons. The topological polar surface area (TPSA) is 35.9 Å². The molecular weight excluding hydrogens is 288 g/mol. The smallest absolute Gasteiger partial charge is 0.0793 e. The summed E-state index contributed by atoms with van der Waals surface area (Å²) >= 11 is 0. The quantitative estimate of drug-likeness (QED) is 0.920. The van der Waals surface area contributed by atoms with Crippen molar-refractivity contribution in [3.63, 3.8) is 0 Å². The lowest BCUT2D eigenvalue weighted by Crippen LogP contribution is -2.49. The zero-order chi connectivity index (χ0) is 16.2. The predicted molar refractivity (Wildman–Crippen MR) is 92.5 cm³/mol. The van der Waals surface area contributed by atoms with Gasteiger partial charge < -0.3 is 9.84 Å². The van der Waals surface area contributed by atoms with Crippen LogP contribution in [0.3, 0.4) is 0 Å². The van der Waals surface area contributed by atoms with Gasteiger partial charge in [0.15, 0.2) is 0 Å². The molecule has 2 aliphatic rings. The molecule has 23 heavy (non-hydrogen) atoms. The van der Waals surface area contributed by atoms with Crippen LogP contribution in [0.5, 0.6) is 0 Å². The van der Waals surface area contributed by atoms with Crippen molar-refractivity contribution in [2.75, 3.05) is 32.7 Å². The second-order valence-corrected chi connectivity index (χ2v) is 7.24. The first kappa shape index (κ1) is 16.9. The average molecular weight is 318 g/mol. The maximum Gasteiger partial charge on any atom is 0.0793 e. The van der Waals surface area contributed by atoms with E-state index < -0.39 is 0 Å². The molecule has 2 aliphatic heterocycles. The summed E-state index contributed by atoms with van der Waals surface area (Å²) in [5.74, 6) is 0. The van der Waals surface area contributed by atoms with E-state index in [1.54, 1.807) is 0 Å². The van der Waals surface area contributed by atoms with Crippen molar-refractivity contribution in [2.24, 2.45) is 0 Å². The van der Waals surface area contributed by atoms with Gasteiger partial charge >= 0.3 is 0 Å². The van der Waals surface area contributed by atoms with Crippen LogP contribution in [0.4, 0.5) is 0 Å². The number of hydrogen-bond acceptors (Lipinski definition) is 4. The fraction of sp³-hybridized carbons (Fsp3) is 0.684. The highest BCUT2D eigenvalue weighted by Crippen LogP contribution is 2.19. The molecule has 2 heterocycles. The lowest BCUT2D eigenvalue weighted by atomic mass is 10.0. The molecular formula is C19H30N2O2. The standard InChI is InChI=1S/C19H30N2O2/c1-15-10-21(11-16(2)23-15)14-19(22)13-20-9-5-8-17-6-3-4-7-18(17)12-20/h3-4,6-7,15-16,19,22H,5,8-14H2,1-2H3. The molecule has 4 nitrogen and oxygen atoms in total. The Labute approximate surface area is 140 Å². The number of ether oxygens (including phenoxy) is 1. The first-order chi connectivity index (χ1) is 11.1. The molecule has 128 valence electrons. The van der Waals surface area contributed by atoms with Crippen LogP contribution in [-0.4, -0.2) is 65.9 Å². The number of nitrogens with zero attached hydrogens (tertiary/aromatic N) is 2. The van der Waals surface area contributed by atoms with Crippen LogP contribution < -0.4 is 0 Å². The van der Waals surface area contributed by atoms with Crippen LogP contribution in [0.25, 0.3) is 0 Å². The van der Waals surface area contributed by atoms with E-state index in [1.165, 1.54) is 17.5 Å². The molecule has 3 atom stereocenters. The molecule has 1 aromatic rings. The van der Waals surface area contributed by atoms with Crippen LogP contribution in [0.1, 0.15) is 31.4 Å². The second kappa shape index (κ2) is 7.75. The van der Waals surface area contributed by atoms with Crippen LogP contribution in [0.2, 0.25) is 0 Å². The molecule has 0 spiro atoms. The summed E-state index contributed by atoms with van der Waals surface area (Å²) in [4.78, 5) is 4.75. The van der Waals surface area contributed by atoms with Gasteiger partial charge in [0.25, 0.3) is 0 Å². The predicted octanol–water partition coefficient (Wildman–Crippen LogP) is 1.90. The van der Waals surface area contributed by atoms with E-state index in [-0.39, 0.29) is 18.3 Å². The van der Waals surface area contributed by atoms with Gasteiger partial charge in [0.2, 0.25) is 0 Å². The first-order valence-corrected chi connectivity index (χ1v) is 8.95. The molecule has 4 heteroatoms. The first-order valence-electron chi connectivity index (χ1n) is 8.95. The van der Waals surface area contributed by atoms with Gasteiger partial charge in [0, 0.05) is 32.7 Å². The lowest BCUT2D eigenvalue weighted by molar-refractivity contribution is -0.0781. The van der Waals surface area contributed by atoms with Gasteiger partial charge in [-0.2, -0.15) is 0 Å². The number of fused-ring (bicyclic) bond motifs is 1. The molecule has 3 unspecified atom stereocenters. The van der Waals surface area contributed by atoms with E-state index >= 15 is 0 Å². The highest BCUT2D eigenvalue weighted by molar-refractivity contribution is 5.28. The monoisotopic (exact) mass is 318 g/mol. The molecule has 1 N–H and O–H groups in total. The zero-order valence-corrected chi connectivity index (χ0v) is 14.4. The number of aryl methyl sites for hydroxylation is 1. The third-order valence-corrected chi connectivity index (χ3v) is 4.87. The van der Waals surface area contributed by atoms with Crippen molar-refractivity contribution in [1.29, 1.82) is 0 Å². The SMILES string of the molecule is CC1CN(CC(O)CN2CCCc3ccccc3C2)CC(C)O1. The second-order valence-electron chi connectivity index (χ2n) is 7.24. The summed E-state index contributed by atoms with van der Waals surface area (Å²) in [7, 11) is 0. The van der Waals surface area contributed by atoms with Crippen molar-refractivity contribution in [1.82, 2.24) is 9.80 Å². The number of β-amino-alcohol motifs (C(OH)–C–C–N with tert-alkyl or cyclic N) is 1. The van der Waals surface area contributed by atoms with Gasteiger partial charge in [0.05, 0.1) is 18.3 Å². The van der Waals surface area contributed by atoms with Crippen molar-refractivity contribution >= 4 is 0 Å². The van der Waals surface area contributed by atoms with E-state index in [2.05, 4.69) is 47.9 Å². The van der Waals surface area contributed by atoms with E-state index in [0.717, 1.165) is 45.7 Å². The van der Waals surface area contributed by atoms with E-state index in [9.17, 15) is 5.11 Å². The minimum Gasteiger partial charge on any atom is -0.390 e. The Balaban J connectivity index is 1.52. The number of hydrogen-bond donors (Lipinski definition) is 1. The molecule has 0 saturated carbocycles. The number of rotatable bonds is 4. The van der Waals surface area contributed by atoms with Crippen molar-refractivity contribution in [3.05, 3.63) is 35.4 Å². The van der Waals surface area contributed by atoms with Gasteiger partial charge in [-0.15, -0.1) is 0 Å². The summed E-state index contributed by atoms with van der Waals surface area (Å²) in [5.41, 5.74) is 2.89. The van der Waals surface area contributed by atoms with Crippen molar-refractivity contribution in [3.8, 4) is 0 Å². The maximum atomic E-state index is 10.5.